The fourth-order valence-corrected chi connectivity index (χ4v) is 4.04. The Bertz CT molecular complexity index is 893. The van der Waals surface area contributed by atoms with Crippen LogP contribution in [0, 0.1) is 0 Å². The SMILES string of the molecule is O=C(C=Cc1ccccc1)Nc1nnc(S(=O)Cc2ccccc2)s1. The van der Waals surface area contributed by atoms with Crippen LogP contribution in [-0.2, 0) is 21.3 Å². The van der Waals surface area contributed by atoms with Gasteiger partial charge in [-0.3, -0.25) is 14.3 Å². The standard InChI is InChI=1S/C18H15N3O2S2/c22-16(12-11-14-7-3-1-4-8-14)19-17-20-21-18(24-17)25(23)13-15-9-5-2-6-10-15/h1-12H,13H2,(H,19,20,22). The van der Waals surface area contributed by atoms with Crippen LogP contribution in [0.4, 0.5) is 5.13 Å². The molecule has 7 heteroatoms. The molecule has 5 nitrogen and oxygen atoms in total. The smallest absolute Gasteiger partial charge is 0.250 e. The summed E-state index contributed by atoms with van der Waals surface area (Å²) in [5.41, 5.74) is 1.90. The number of amides is 1. The summed E-state index contributed by atoms with van der Waals surface area (Å²) in [6.45, 7) is 0. The fourth-order valence-electron chi connectivity index (χ4n) is 2.02. The topological polar surface area (TPSA) is 72.0 Å². The van der Waals surface area contributed by atoms with Gasteiger partial charge in [0.15, 0.2) is 0 Å². The molecule has 0 fully saturated rings. The molecule has 1 atom stereocenters. The van der Waals surface area contributed by atoms with E-state index in [0.29, 0.717) is 15.2 Å². The van der Waals surface area contributed by atoms with Crippen molar-refractivity contribution in [1.29, 1.82) is 0 Å². The second-order valence-corrected chi connectivity index (χ2v) is 7.68. The van der Waals surface area contributed by atoms with Crippen LogP contribution in [0.25, 0.3) is 6.08 Å². The average molecular weight is 369 g/mol. The number of nitrogens with zero attached hydrogens (tertiary/aromatic N) is 2. The number of anilines is 1. The van der Waals surface area contributed by atoms with Crippen LogP contribution in [0.1, 0.15) is 11.1 Å². The minimum Gasteiger partial charge on any atom is -0.297 e. The number of benzene rings is 2. The highest BCUT2D eigenvalue weighted by atomic mass is 32.2. The summed E-state index contributed by atoms with van der Waals surface area (Å²) >= 11 is 1.12. The van der Waals surface area contributed by atoms with Crippen LogP contribution in [0.3, 0.4) is 0 Å². The van der Waals surface area contributed by atoms with Gasteiger partial charge in [-0.15, -0.1) is 10.2 Å². The molecule has 1 amide bonds. The number of carbonyl (C=O) groups is 1. The second-order valence-electron chi connectivity index (χ2n) is 5.08. The molecule has 0 bridgehead atoms. The van der Waals surface area contributed by atoms with E-state index in [1.165, 1.54) is 6.08 Å². The van der Waals surface area contributed by atoms with Gasteiger partial charge >= 0.3 is 0 Å². The third kappa shape index (κ3) is 5.17. The number of nitrogens with one attached hydrogen (secondary N) is 1. The third-order valence-corrected chi connectivity index (χ3v) is 5.71. The molecule has 25 heavy (non-hydrogen) atoms. The van der Waals surface area contributed by atoms with Crippen molar-refractivity contribution in [3.8, 4) is 0 Å². The molecule has 0 saturated heterocycles. The Balaban J connectivity index is 1.58. The molecule has 0 radical (unpaired) electrons. The van der Waals surface area contributed by atoms with Gasteiger partial charge in [0.2, 0.25) is 15.4 Å². The van der Waals surface area contributed by atoms with Gasteiger partial charge in [0, 0.05) is 6.08 Å². The maximum absolute atomic E-state index is 12.3. The van der Waals surface area contributed by atoms with Crippen LogP contribution < -0.4 is 5.32 Å². The molecule has 3 aromatic rings. The lowest BCUT2D eigenvalue weighted by molar-refractivity contribution is -0.111. The fraction of sp³-hybridized carbons (Fsp3) is 0.0556. The van der Waals surface area contributed by atoms with Gasteiger partial charge in [0.05, 0.1) is 16.6 Å². The molecule has 0 saturated carbocycles. The first-order valence-corrected chi connectivity index (χ1v) is 9.64. The summed E-state index contributed by atoms with van der Waals surface area (Å²) in [5, 5.41) is 10.8. The Kier molecular flexibility index (Phi) is 5.81. The Morgan fingerprint density at radius 1 is 1.04 bits per heavy atom. The first kappa shape index (κ1) is 17.2. The Morgan fingerprint density at radius 3 is 2.44 bits per heavy atom. The summed E-state index contributed by atoms with van der Waals surface area (Å²) in [6, 6.07) is 19.1. The molecule has 1 N–H and O–H groups in total. The van der Waals surface area contributed by atoms with Gasteiger partial charge in [0.25, 0.3) is 0 Å². The molecule has 126 valence electrons. The number of aromatic nitrogens is 2. The molecule has 1 aromatic heterocycles. The first-order valence-electron chi connectivity index (χ1n) is 7.50. The van der Waals surface area contributed by atoms with E-state index in [1.54, 1.807) is 6.08 Å². The Labute approximate surface area is 151 Å². The zero-order chi connectivity index (χ0) is 17.5. The van der Waals surface area contributed by atoms with Crippen molar-refractivity contribution in [3.05, 3.63) is 77.9 Å². The highest BCUT2D eigenvalue weighted by molar-refractivity contribution is 7.86. The molecule has 0 aliphatic carbocycles. The van der Waals surface area contributed by atoms with E-state index in [9.17, 15) is 9.00 Å². The van der Waals surface area contributed by atoms with E-state index in [2.05, 4.69) is 15.5 Å². The molecule has 1 heterocycles. The molecule has 1 unspecified atom stereocenters. The number of rotatable bonds is 6. The van der Waals surface area contributed by atoms with Gasteiger partial charge < -0.3 is 0 Å². The van der Waals surface area contributed by atoms with Crippen LogP contribution in [0.15, 0.2) is 71.1 Å². The van der Waals surface area contributed by atoms with Gasteiger partial charge in [-0.05, 0) is 17.2 Å². The highest BCUT2D eigenvalue weighted by Crippen LogP contribution is 2.20. The normalized spacial score (nSPS) is 12.2. The zero-order valence-corrected chi connectivity index (χ0v) is 14.8. The van der Waals surface area contributed by atoms with Gasteiger partial charge in [0.1, 0.15) is 0 Å². The predicted molar refractivity (Wildman–Crippen MR) is 101 cm³/mol. The molecular weight excluding hydrogens is 354 g/mol. The third-order valence-electron chi connectivity index (χ3n) is 3.20. The van der Waals surface area contributed by atoms with Crippen molar-refractivity contribution in [2.45, 2.75) is 10.1 Å². The second kappa shape index (κ2) is 8.46. The number of hydrogen-bond donors (Lipinski definition) is 1. The van der Waals surface area contributed by atoms with Gasteiger partial charge in [-0.2, -0.15) is 0 Å². The predicted octanol–water partition coefficient (Wildman–Crippen LogP) is 3.50. The maximum atomic E-state index is 12.3. The summed E-state index contributed by atoms with van der Waals surface area (Å²) < 4.78 is 12.7. The summed E-state index contributed by atoms with van der Waals surface area (Å²) in [5.74, 6) is 0.0672. The van der Waals surface area contributed by atoms with E-state index in [4.69, 9.17) is 0 Å². The highest BCUT2D eigenvalue weighted by Gasteiger charge is 2.13. The summed E-state index contributed by atoms with van der Waals surface area (Å²) in [4.78, 5) is 11.9. The first-order chi connectivity index (χ1) is 12.2. The van der Waals surface area contributed by atoms with Crippen LogP contribution in [-0.4, -0.2) is 20.3 Å². The van der Waals surface area contributed by atoms with E-state index in [1.807, 2.05) is 60.7 Å². The summed E-state index contributed by atoms with van der Waals surface area (Å²) in [7, 11) is -1.29. The molecule has 2 aromatic carbocycles. The molecule has 0 spiro atoms. The molecular formula is C18H15N3O2S2. The van der Waals surface area contributed by atoms with Gasteiger partial charge in [-0.25, -0.2) is 0 Å². The van der Waals surface area contributed by atoms with Gasteiger partial charge in [-0.1, -0.05) is 72.0 Å². The number of hydrogen-bond acceptors (Lipinski definition) is 5. The largest absolute Gasteiger partial charge is 0.297 e. The maximum Gasteiger partial charge on any atom is 0.250 e. The van der Waals surface area contributed by atoms with Crippen molar-refractivity contribution in [2.75, 3.05) is 5.32 Å². The molecule has 3 rings (SSSR count). The monoisotopic (exact) mass is 369 g/mol. The van der Waals surface area contributed by atoms with E-state index >= 15 is 0 Å². The number of carbonyl (C=O) groups excluding carboxylic acids is 1. The Morgan fingerprint density at radius 2 is 1.72 bits per heavy atom. The van der Waals surface area contributed by atoms with Crippen LogP contribution in [0.5, 0.6) is 0 Å². The van der Waals surface area contributed by atoms with Crippen molar-refractivity contribution in [3.63, 3.8) is 0 Å². The van der Waals surface area contributed by atoms with E-state index in [-0.39, 0.29) is 5.91 Å². The van der Waals surface area contributed by atoms with Crippen molar-refractivity contribution in [1.82, 2.24) is 10.2 Å². The van der Waals surface area contributed by atoms with Crippen LogP contribution >= 0.6 is 11.3 Å². The summed E-state index contributed by atoms with van der Waals surface area (Å²) in [6.07, 6.45) is 3.14. The molecule has 0 aliphatic rings. The van der Waals surface area contributed by atoms with Crippen molar-refractivity contribution >= 4 is 39.3 Å². The van der Waals surface area contributed by atoms with E-state index < -0.39 is 10.8 Å². The quantitative estimate of drug-likeness (QED) is 0.533. The minimum absolute atomic E-state index is 0.305. The van der Waals surface area contributed by atoms with Crippen molar-refractivity contribution < 1.29 is 9.00 Å². The van der Waals surface area contributed by atoms with Crippen molar-refractivity contribution in [2.24, 2.45) is 0 Å². The average Bonchev–Trinajstić information content (AvgIpc) is 3.10. The van der Waals surface area contributed by atoms with Crippen LogP contribution in [0.2, 0.25) is 0 Å². The van der Waals surface area contributed by atoms with E-state index in [0.717, 1.165) is 22.5 Å². The Hall–Kier alpha value is -2.64. The lowest BCUT2D eigenvalue weighted by Gasteiger charge is -1.98. The lowest BCUT2D eigenvalue weighted by Crippen LogP contribution is -2.07. The minimum atomic E-state index is -1.29. The molecule has 0 aliphatic heterocycles. The lowest BCUT2D eigenvalue weighted by atomic mass is 10.2. The zero-order valence-electron chi connectivity index (χ0n) is 13.2.